The van der Waals surface area contributed by atoms with Crippen LogP contribution in [0.2, 0.25) is 0 Å². The highest BCUT2D eigenvalue weighted by molar-refractivity contribution is 5.92. The lowest BCUT2D eigenvalue weighted by Gasteiger charge is -2.29. The predicted octanol–water partition coefficient (Wildman–Crippen LogP) is 3.22. The maximum Gasteiger partial charge on any atom is 0.419 e. The van der Waals surface area contributed by atoms with E-state index in [0.29, 0.717) is 11.8 Å². The Morgan fingerprint density at radius 3 is 2.55 bits per heavy atom. The van der Waals surface area contributed by atoms with Crippen molar-refractivity contribution >= 4 is 5.91 Å². The summed E-state index contributed by atoms with van der Waals surface area (Å²) < 4.78 is 54.6. The number of alkyl halides is 3. The molecule has 1 aromatic heterocycles. The van der Waals surface area contributed by atoms with E-state index in [4.69, 9.17) is 0 Å². The van der Waals surface area contributed by atoms with Crippen molar-refractivity contribution in [2.24, 2.45) is 18.9 Å². The number of hydrogen-bond acceptors (Lipinski definition) is 3. The number of hydrogen-bond donors (Lipinski definition) is 1. The average molecular weight is 410 g/mol. The van der Waals surface area contributed by atoms with Gasteiger partial charge in [-0.2, -0.15) is 13.2 Å². The fourth-order valence-electron chi connectivity index (χ4n) is 4.51. The predicted molar refractivity (Wildman–Crippen MR) is 97.4 cm³/mol. The number of amides is 1. The number of imidazole rings is 1. The third-order valence-corrected chi connectivity index (χ3v) is 5.94. The standard InChI is InChI=1S/C20H22F4N4O/c1-27-10-18(26-11-27)19(29)28(15-5-13-7-25-8-14(13)6-15)9-12-2-3-17(21)16(4-12)20(22,23)24/h2-4,10-11,13-15,25H,5-9H2,1H3/t13-,14+,15?. The Morgan fingerprint density at radius 2 is 1.97 bits per heavy atom. The van der Waals surface area contributed by atoms with E-state index in [2.05, 4.69) is 10.3 Å². The number of carbonyl (C=O) groups is 1. The SMILES string of the molecule is Cn1cnc(C(=O)N(Cc2ccc(F)c(C(F)(F)F)c2)C2C[C@H]3CNC[C@H]3C2)c1. The maximum atomic E-state index is 13.7. The summed E-state index contributed by atoms with van der Waals surface area (Å²) in [6, 6.07) is 2.84. The molecule has 1 aliphatic carbocycles. The van der Waals surface area contributed by atoms with Gasteiger partial charge in [-0.05, 0) is 55.5 Å². The van der Waals surface area contributed by atoms with Crippen molar-refractivity contribution in [2.75, 3.05) is 13.1 Å². The van der Waals surface area contributed by atoms with Gasteiger partial charge in [0.05, 0.1) is 11.9 Å². The molecule has 2 heterocycles. The lowest BCUT2D eigenvalue weighted by atomic mass is 10.0. The molecule has 2 aliphatic rings. The molecule has 2 aromatic rings. The zero-order chi connectivity index (χ0) is 20.8. The van der Waals surface area contributed by atoms with Gasteiger partial charge in [0.2, 0.25) is 0 Å². The number of benzene rings is 1. The maximum absolute atomic E-state index is 13.7. The summed E-state index contributed by atoms with van der Waals surface area (Å²) in [7, 11) is 1.75. The molecule has 2 fully saturated rings. The number of carbonyl (C=O) groups excluding carboxylic acids is 1. The summed E-state index contributed by atoms with van der Waals surface area (Å²) in [5.41, 5.74) is -0.813. The highest BCUT2D eigenvalue weighted by atomic mass is 19.4. The van der Waals surface area contributed by atoms with Crippen LogP contribution in [0, 0.1) is 17.7 Å². The summed E-state index contributed by atoms with van der Waals surface area (Å²) in [5, 5.41) is 3.34. The Hall–Kier alpha value is -2.42. The van der Waals surface area contributed by atoms with Gasteiger partial charge in [-0.1, -0.05) is 6.07 Å². The van der Waals surface area contributed by atoms with Crippen molar-refractivity contribution in [1.82, 2.24) is 19.8 Å². The first-order valence-corrected chi connectivity index (χ1v) is 9.57. The lowest BCUT2D eigenvalue weighted by Crippen LogP contribution is -2.39. The molecule has 0 bridgehead atoms. The molecule has 4 rings (SSSR count). The quantitative estimate of drug-likeness (QED) is 0.788. The Kier molecular flexibility index (Phi) is 5.10. The van der Waals surface area contributed by atoms with Crippen molar-refractivity contribution in [3.05, 3.63) is 53.4 Å². The molecular formula is C20H22F4N4O. The van der Waals surface area contributed by atoms with Crippen LogP contribution in [0.1, 0.15) is 34.5 Å². The van der Waals surface area contributed by atoms with Gasteiger partial charge < -0.3 is 14.8 Å². The Balaban J connectivity index is 1.63. The van der Waals surface area contributed by atoms with E-state index < -0.39 is 17.6 Å². The number of rotatable bonds is 4. The van der Waals surface area contributed by atoms with Crippen LogP contribution in [0.15, 0.2) is 30.7 Å². The largest absolute Gasteiger partial charge is 0.419 e. The van der Waals surface area contributed by atoms with Crippen molar-refractivity contribution in [3.63, 3.8) is 0 Å². The summed E-state index contributed by atoms with van der Waals surface area (Å²) in [6.07, 6.45) is -0.0874. The van der Waals surface area contributed by atoms with E-state index in [1.165, 1.54) is 12.4 Å². The molecule has 1 saturated carbocycles. The Bertz CT molecular complexity index is 898. The number of nitrogens with one attached hydrogen (secondary N) is 1. The fraction of sp³-hybridized carbons (Fsp3) is 0.500. The second kappa shape index (κ2) is 7.44. The van der Waals surface area contributed by atoms with Crippen LogP contribution in [0.5, 0.6) is 0 Å². The van der Waals surface area contributed by atoms with Crippen LogP contribution in [0.25, 0.3) is 0 Å². The lowest BCUT2D eigenvalue weighted by molar-refractivity contribution is -0.140. The third-order valence-electron chi connectivity index (χ3n) is 5.94. The summed E-state index contributed by atoms with van der Waals surface area (Å²) in [5.74, 6) is -0.720. The Morgan fingerprint density at radius 1 is 1.28 bits per heavy atom. The third kappa shape index (κ3) is 4.01. The van der Waals surface area contributed by atoms with Gasteiger partial charge in [0, 0.05) is 25.8 Å². The van der Waals surface area contributed by atoms with Crippen molar-refractivity contribution in [1.29, 1.82) is 0 Å². The highest BCUT2D eigenvalue weighted by Crippen LogP contribution is 2.38. The van der Waals surface area contributed by atoms with Crippen molar-refractivity contribution in [2.45, 2.75) is 31.6 Å². The first kappa shape index (κ1) is 19.9. The van der Waals surface area contributed by atoms with Crippen LogP contribution in [-0.2, 0) is 19.8 Å². The second-order valence-electron chi connectivity index (χ2n) is 7.97. The van der Waals surface area contributed by atoms with Gasteiger partial charge in [0.25, 0.3) is 5.91 Å². The minimum Gasteiger partial charge on any atom is -0.340 e. The molecule has 9 heteroatoms. The molecule has 1 aliphatic heterocycles. The molecule has 3 atom stereocenters. The molecule has 1 amide bonds. The van der Waals surface area contributed by atoms with Crippen LogP contribution < -0.4 is 5.32 Å². The monoisotopic (exact) mass is 410 g/mol. The molecule has 0 spiro atoms. The molecule has 29 heavy (non-hydrogen) atoms. The first-order valence-electron chi connectivity index (χ1n) is 9.57. The number of nitrogens with zero attached hydrogens (tertiary/aromatic N) is 3. The van der Waals surface area contributed by atoms with E-state index in [0.717, 1.165) is 38.1 Å². The fourth-order valence-corrected chi connectivity index (χ4v) is 4.51. The van der Waals surface area contributed by atoms with E-state index in [-0.39, 0.29) is 29.8 Å². The van der Waals surface area contributed by atoms with E-state index >= 15 is 0 Å². The summed E-state index contributed by atoms with van der Waals surface area (Å²) in [6.45, 7) is 1.76. The number of aryl methyl sites for hydroxylation is 1. The normalized spacial score (nSPS) is 24.0. The molecule has 0 radical (unpaired) electrons. The van der Waals surface area contributed by atoms with E-state index in [9.17, 15) is 22.4 Å². The molecule has 1 aromatic carbocycles. The molecule has 156 valence electrons. The smallest absolute Gasteiger partial charge is 0.340 e. The average Bonchev–Trinajstić information content (AvgIpc) is 3.35. The second-order valence-corrected chi connectivity index (χ2v) is 7.97. The van der Waals surface area contributed by atoms with Gasteiger partial charge >= 0.3 is 6.18 Å². The minimum absolute atomic E-state index is 0.0176. The van der Waals surface area contributed by atoms with Gasteiger partial charge in [0.15, 0.2) is 0 Å². The first-order chi connectivity index (χ1) is 13.7. The summed E-state index contributed by atoms with van der Waals surface area (Å²) in [4.78, 5) is 18.9. The van der Waals surface area contributed by atoms with Crippen LogP contribution in [0.3, 0.4) is 0 Å². The topological polar surface area (TPSA) is 50.2 Å². The van der Waals surface area contributed by atoms with E-state index in [1.807, 2.05) is 0 Å². The number of aromatic nitrogens is 2. The molecule has 1 unspecified atom stereocenters. The molecule has 1 saturated heterocycles. The molecule has 1 N–H and O–H groups in total. The van der Waals surface area contributed by atoms with Crippen molar-refractivity contribution < 1.29 is 22.4 Å². The minimum atomic E-state index is -4.79. The van der Waals surface area contributed by atoms with Crippen LogP contribution in [-0.4, -0.2) is 39.5 Å². The van der Waals surface area contributed by atoms with Gasteiger partial charge in [-0.15, -0.1) is 0 Å². The Labute approximate surface area is 165 Å². The van der Waals surface area contributed by atoms with Crippen molar-refractivity contribution in [3.8, 4) is 0 Å². The zero-order valence-corrected chi connectivity index (χ0v) is 15.9. The number of fused-ring (bicyclic) bond motifs is 1. The van der Waals surface area contributed by atoms with Crippen LogP contribution >= 0.6 is 0 Å². The number of halogens is 4. The molecular weight excluding hydrogens is 388 g/mol. The highest BCUT2D eigenvalue weighted by Gasteiger charge is 2.41. The van der Waals surface area contributed by atoms with E-state index in [1.54, 1.807) is 22.7 Å². The van der Waals surface area contributed by atoms with Crippen LogP contribution in [0.4, 0.5) is 17.6 Å². The summed E-state index contributed by atoms with van der Waals surface area (Å²) >= 11 is 0. The van der Waals surface area contributed by atoms with Gasteiger partial charge in [-0.25, -0.2) is 9.37 Å². The zero-order valence-electron chi connectivity index (χ0n) is 15.9. The molecule has 5 nitrogen and oxygen atoms in total. The van der Waals surface area contributed by atoms with Gasteiger partial charge in [-0.3, -0.25) is 4.79 Å². The van der Waals surface area contributed by atoms with Gasteiger partial charge in [0.1, 0.15) is 11.5 Å².